The number of rotatable bonds is 6. The molecule has 0 saturated heterocycles. The smallest absolute Gasteiger partial charge is 0.143 e. The van der Waals surface area contributed by atoms with Gasteiger partial charge in [-0.05, 0) is 44.0 Å². The SMILES string of the molecule is CCN(Cc1c(C)cc(C)cc1C)CC(C)C(N)=NO. The molecule has 20 heavy (non-hydrogen) atoms. The molecule has 0 aromatic heterocycles. The number of nitrogens with zero attached hydrogens (tertiary/aromatic N) is 2. The Morgan fingerprint density at radius 1 is 1.30 bits per heavy atom. The van der Waals surface area contributed by atoms with E-state index in [0.29, 0.717) is 5.84 Å². The highest BCUT2D eigenvalue weighted by Gasteiger charge is 2.15. The lowest BCUT2D eigenvalue weighted by molar-refractivity contribution is 0.257. The van der Waals surface area contributed by atoms with Crippen LogP contribution in [0.25, 0.3) is 0 Å². The van der Waals surface area contributed by atoms with Crippen LogP contribution in [-0.4, -0.2) is 29.0 Å². The van der Waals surface area contributed by atoms with Crippen molar-refractivity contribution in [2.24, 2.45) is 16.8 Å². The molecule has 0 heterocycles. The molecule has 0 fully saturated rings. The summed E-state index contributed by atoms with van der Waals surface area (Å²) in [6, 6.07) is 4.45. The first-order valence-corrected chi connectivity index (χ1v) is 7.15. The number of aryl methyl sites for hydroxylation is 3. The third kappa shape index (κ3) is 4.23. The van der Waals surface area contributed by atoms with Gasteiger partial charge < -0.3 is 10.9 Å². The van der Waals surface area contributed by atoms with Crippen molar-refractivity contribution in [1.82, 2.24) is 4.90 Å². The Morgan fingerprint density at radius 3 is 2.30 bits per heavy atom. The van der Waals surface area contributed by atoms with Crippen LogP contribution < -0.4 is 5.73 Å². The molecule has 0 bridgehead atoms. The zero-order valence-electron chi connectivity index (χ0n) is 13.3. The number of oxime groups is 1. The van der Waals surface area contributed by atoms with Crippen LogP contribution in [0.15, 0.2) is 17.3 Å². The largest absolute Gasteiger partial charge is 0.409 e. The third-order valence-electron chi connectivity index (χ3n) is 3.82. The predicted molar refractivity (Wildman–Crippen MR) is 84.2 cm³/mol. The number of amidine groups is 1. The first-order valence-electron chi connectivity index (χ1n) is 7.15. The molecular weight excluding hydrogens is 250 g/mol. The molecule has 4 heteroatoms. The van der Waals surface area contributed by atoms with Gasteiger partial charge in [-0.25, -0.2) is 0 Å². The number of hydrogen-bond donors (Lipinski definition) is 2. The fourth-order valence-electron chi connectivity index (χ4n) is 2.57. The standard InChI is InChI=1S/C16H27N3O/c1-6-19(9-14(5)16(17)18-20)10-15-12(3)7-11(2)8-13(15)4/h7-8,14,20H,6,9-10H2,1-5H3,(H2,17,18). The Morgan fingerprint density at radius 2 is 1.85 bits per heavy atom. The molecule has 0 aliphatic heterocycles. The second kappa shape index (κ2) is 7.29. The molecule has 1 aromatic rings. The van der Waals surface area contributed by atoms with Crippen LogP contribution in [-0.2, 0) is 6.54 Å². The molecule has 4 nitrogen and oxygen atoms in total. The lowest BCUT2D eigenvalue weighted by Crippen LogP contribution is -2.35. The van der Waals surface area contributed by atoms with E-state index in [0.717, 1.165) is 19.6 Å². The van der Waals surface area contributed by atoms with Crippen molar-refractivity contribution >= 4 is 5.84 Å². The summed E-state index contributed by atoms with van der Waals surface area (Å²) >= 11 is 0. The van der Waals surface area contributed by atoms with Crippen molar-refractivity contribution in [2.45, 2.75) is 41.2 Å². The lowest BCUT2D eigenvalue weighted by Gasteiger charge is -2.25. The van der Waals surface area contributed by atoms with Crippen LogP contribution in [0.2, 0.25) is 0 Å². The Hall–Kier alpha value is -1.55. The van der Waals surface area contributed by atoms with E-state index < -0.39 is 0 Å². The van der Waals surface area contributed by atoms with Crippen LogP contribution in [0, 0.1) is 26.7 Å². The molecule has 1 unspecified atom stereocenters. The summed E-state index contributed by atoms with van der Waals surface area (Å²) in [4.78, 5) is 2.33. The van der Waals surface area contributed by atoms with Gasteiger partial charge in [0.2, 0.25) is 0 Å². The van der Waals surface area contributed by atoms with Gasteiger partial charge >= 0.3 is 0 Å². The quantitative estimate of drug-likeness (QED) is 0.364. The molecule has 112 valence electrons. The van der Waals surface area contributed by atoms with Gasteiger partial charge in [0.05, 0.1) is 0 Å². The fraction of sp³-hybridized carbons (Fsp3) is 0.562. The molecular formula is C16H27N3O. The highest BCUT2D eigenvalue weighted by molar-refractivity contribution is 5.82. The Bertz CT molecular complexity index is 460. The summed E-state index contributed by atoms with van der Waals surface area (Å²) < 4.78 is 0. The van der Waals surface area contributed by atoms with Crippen LogP contribution in [0.4, 0.5) is 0 Å². The minimum absolute atomic E-state index is 0.0472. The molecule has 0 spiro atoms. The lowest BCUT2D eigenvalue weighted by atomic mass is 9.99. The number of nitrogens with two attached hydrogens (primary N) is 1. The first kappa shape index (κ1) is 16.5. The maximum atomic E-state index is 8.74. The van der Waals surface area contributed by atoms with E-state index in [1.165, 1.54) is 22.3 Å². The molecule has 0 saturated carbocycles. The monoisotopic (exact) mass is 277 g/mol. The fourth-order valence-corrected chi connectivity index (χ4v) is 2.57. The zero-order valence-corrected chi connectivity index (χ0v) is 13.3. The van der Waals surface area contributed by atoms with Crippen LogP contribution in [0.1, 0.15) is 36.1 Å². The minimum atomic E-state index is 0.0472. The van der Waals surface area contributed by atoms with Crippen LogP contribution in [0.3, 0.4) is 0 Å². The molecule has 0 amide bonds. The van der Waals surface area contributed by atoms with Crippen molar-refractivity contribution in [3.63, 3.8) is 0 Å². The molecule has 0 aliphatic carbocycles. The highest BCUT2D eigenvalue weighted by Crippen LogP contribution is 2.19. The normalized spacial score (nSPS) is 13.8. The molecule has 3 N–H and O–H groups in total. The summed E-state index contributed by atoms with van der Waals surface area (Å²) in [6.07, 6.45) is 0. The minimum Gasteiger partial charge on any atom is -0.409 e. The van der Waals surface area contributed by atoms with Crippen molar-refractivity contribution in [1.29, 1.82) is 0 Å². The Balaban J connectivity index is 2.84. The Labute approximate surface area is 122 Å². The van der Waals surface area contributed by atoms with Gasteiger partial charge in [-0.1, -0.05) is 36.7 Å². The second-order valence-corrected chi connectivity index (χ2v) is 5.63. The van der Waals surface area contributed by atoms with E-state index in [1.807, 2.05) is 6.92 Å². The van der Waals surface area contributed by atoms with Gasteiger partial charge in [-0.3, -0.25) is 4.90 Å². The number of benzene rings is 1. The predicted octanol–water partition coefficient (Wildman–Crippen LogP) is 2.82. The van der Waals surface area contributed by atoms with Gasteiger partial charge in [0, 0.05) is 19.0 Å². The second-order valence-electron chi connectivity index (χ2n) is 5.63. The van der Waals surface area contributed by atoms with Gasteiger partial charge in [0.15, 0.2) is 0 Å². The van der Waals surface area contributed by atoms with Gasteiger partial charge in [-0.15, -0.1) is 0 Å². The first-order chi connectivity index (χ1) is 9.38. The van der Waals surface area contributed by atoms with E-state index in [9.17, 15) is 0 Å². The van der Waals surface area contributed by atoms with Crippen LogP contribution in [0.5, 0.6) is 0 Å². The molecule has 1 aromatic carbocycles. The molecule has 1 rings (SSSR count). The molecule has 0 radical (unpaired) electrons. The summed E-state index contributed by atoms with van der Waals surface area (Å²) in [5, 5.41) is 11.8. The van der Waals surface area contributed by atoms with E-state index in [2.05, 4.69) is 49.9 Å². The third-order valence-corrected chi connectivity index (χ3v) is 3.82. The number of hydrogen-bond acceptors (Lipinski definition) is 3. The average molecular weight is 277 g/mol. The molecule has 1 atom stereocenters. The summed E-state index contributed by atoms with van der Waals surface area (Å²) in [5.41, 5.74) is 11.0. The van der Waals surface area contributed by atoms with Crippen molar-refractivity contribution in [2.75, 3.05) is 13.1 Å². The van der Waals surface area contributed by atoms with Gasteiger partial charge in [0.25, 0.3) is 0 Å². The van der Waals surface area contributed by atoms with Crippen molar-refractivity contribution in [3.05, 3.63) is 34.4 Å². The highest BCUT2D eigenvalue weighted by atomic mass is 16.4. The summed E-state index contributed by atoms with van der Waals surface area (Å²) in [7, 11) is 0. The summed E-state index contributed by atoms with van der Waals surface area (Å²) in [6.45, 7) is 13.2. The summed E-state index contributed by atoms with van der Waals surface area (Å²) in [5.74, 6) is 0.340. The van der Waals surface area contributed by atoms with Gasteiger partial charge in [-0.2, -0.15) is 0 Å². The van der Waals surface area contributed by atoms with Crippen LogP contribution >= 0.6 is 0 Å². The topological polar surface area (TPSA) is 61.8 Å². The van der Waals surface area contributed by atoms with E-state index in [4.69, 9.17) is 10.9 Å². The van der Waals surface area contributed by atoms with Crippen molar-refractivity contribution < 1.29 is 5.21 Å². The van der Waals surface area contributed by atoms with E-state index >= 15 is 0 Å². The molecule has 0 aliphatic rings. The zero-order chi connectivity index (χ0) is 15.3. The van der Waals surface area contributed by atoms with Crippen molar-refractivity contribution in [3.8, 4) is 0 Å². The maximum absolute atomic E-state index is 8.74. The van der Waals surface area contributed by atoms with E-state index in [-0.39, 0.29) is 5.92 Å². The average Bonchev–Trinajstić information content (AvgIpc) is 2.40. The van der Waals surface area contributed by atoms with E-state index in [1.54, 1.807) is 0 Å². The Kier molecular flexibility index (Phi) is 6.02. The van der Waals surface area contributed by atoms with Gasteiger partial charge in [0.1, 0.15) is 5.84 Å². The maximum Gasteiger partial charge on any atom is 0.143 e.